The molecule has 5 nitrogen and oxygen atoms in total. The molecule has 1 saturated heterocycles. The van der Waals surface area contributed by atoms with Crippen LogP contribution in [-0.2, 0) is 0 Å². The van der Waals surface area contributed by atoms with Crippen LogP contribution in [-0.4, -0.2) is 35.1 Å². The Hall–Kier alpha value is -1.56. The lowest BCUT2D eigenvalue weighted by Gasteiger charge is -2.18. The molecule has 2 amide bonds. The van der Waals surface area contributed by atoms with E-state index in [-0.39, 0.29) is 11.6 Å². The van der Waals surface area contributed by atoms with Gasteiger partial charge in [0.15, 0.2) is 0 Å². The molecule has 2 atom stereocenters. The van der Waals surface area contributed by atoms with Crippen molar-refractivity contribution in [2.75, 3.05) is 18.4 Å². The van der Waals surface area contributed by atoms with Crippen molar-refractivity contribution in [1.82, 2.24) is 4.90 Å². The zero-order valence-corrected chi connectivity index (χ0v) is 13.1. The number of carbonyl (C=O) groups excluding carboxylic acids is 1. The van der Waals surface area contributed by atoms with Crippen LogP contribution < -0.4 is 5.32 Å². The van der Waals surface area contributed by atoms with E-state index in [1.54, 1.807) is 6.07 Å². The number of carboxylic acids is 1. The van der Waals surface area contributed by atoms with Crippen molar-refractivity contribution in [3.05, 3.63) is 28.2 Å². The normalized spacial score (nSPS) is 24.0. The predicted octanol–water partition coefficient (Wildman–Crippen LogP) is 3.41. The summed E-state index contributed by atoms with van der Waals surface area (Å²) in [5.41, 5.74) is 0.789. The van der Waals surface area contributed by atoms with Crippen molar-refractivity contribution in [2.24, 2.45) is 11.8 Å². The number of urea groups is 1. The van der Waals surface area contributed by atoms with Gasteiger partial charge in [-0.15, -0.1) is 0 Å². The summed E-state index contributed by atoms with van der Waals surface area (Å²) in [5.74, 6) is 0.336. The van der Waals surface area contributed by atoms with E-state index in [1.807, 2.05) is 4.90 Å². The maximum absolute atomic E-state index is 12.3. The van der Waals surface area contributed by atoms with Crippen LogP contribution in [0.15, 0.2) is 22.7 Å². The van der Waals surface area contributed by atoms with Crippen LogP contribution >= 0.6 is 15.9 Å². The van der Waals surface area contributed by atoms with Gasteiger partial charge in [0.1, 0.15) is 0 Å². The van der Waals surface area contributed by atoms with Crippen LogP contribution in [0.2, 0.25) is 0 Å². The lowest BCUT2D eigenvalue weighted by atomic mass is 10.0. The van der Waals surface area contributed by atoms with Crippen LogP contribution in [0.3, 0.4) is 0 Å². The van der Waals surface area contributed by atoms with Crippen LogP contribution in [0.5, 0.6) is 0 Å². The van der Waals surface area contributed by atoms with Crippen molar-refractivity contribution in [1.29, 1.82) is 0 Å². The van der Waals surface area contributed by atoms with Crippen molar-refractivity contribution < 1.29 is 14.7 Å². The van der Waals surface area contributed by atoms with E-state index < -0.39 is 5.97 Å². The summed E-state index contributed by atoms with van der Waals surface area (Å²) in [7, 11) is 0. The first-order chi connectivity index (χ1) is 10.0. The van der Waals surface area contributed by atoms with Crippen molar-refractivity contribution in [3.63, 3.8) is 0 Å². The summed E-state index contributed by atoms with van der Waals surface area (Å²) in [4.78, 5) is 25.1. The Morgan fingerprint density at radius 3 is 2.48 bits per heavy atom. The van der Waals surface area contributed by atoms with E-state index in [0.717, 1.165) is 13.1 Å². The highest BCUT2D eigenvalue weighted by Gasteiger charge is 2.38. The Kier molecular flexibility index (Phi) is 3.89. The van der Waals surface area contributed by atoms with Gasteiger partial charge in [0.2, 0.25) is 0 Å². The highest BCUT2D eigenvalue weighted by molar-refractivity contribution is 9.10. The second kappa shape index (κ2) is 5.67. The first kappa shape index (κ1) is 14.4. The highest BCUT2D eigenvalue weighted by Crippen LogP contribution is 2.38. The van der Waals surface area contributed by atoms with Gasteiger partial charge in [0.25, 0.3) is 0 Å². The van der Waals surface area contributed by atoms with E-state index in [9.17, 15) is 9.59 Å². The maximum Gasteiger partial charge on any atom is 0.335 e. The molecule has 2 unspecified atom stereocenters. The number of likely N-dealkylation sites (tertiary alicyclic amines) is 1. The number of aromatic carboxylic acids is 1. The molecular formula is C15H17BrN2O3. The molecule has 1 aliphatic heterocycles. The highest BCUT2D eigenvalue weighted by atomic mass is 79.9. The number of benzene rings is 1. The smallest absolute Gasteiger partial charge is 0.335 e. The summed E-state index contributed by atoms with van der Waals surface area (Å²) in [6.45, 7) is 1.67. The second-order valence-corrected chi connectivity index (χ2v) is 6.64. The molecule has 1 aromatic rings. The molecule has 21 heavy (non-hydrogen) atoms. The third-order valence-electron chi connectivity index (χ3n) is 4.47. The zero-order valence-electron chi connectivity index (χ0n) is 11.5. The van der Waals surface area contributed by atoms with Gasteiger partial charge in [-0.1, -0.05) is 6.42 Å². The van der Waals surface area contributed by atoms with Crippen LogP contribution in [0, 0.1) is 11.8 Å². The average Bonchev–Trinajstić information content (AvgIpc) is 3.01. The first-order valence-corrected chi connectivity index (χ1v) is 7.92. The SMILES string of the molecule is O=C(O)c1ccc(NC(=O)N2CC3CCCC3C2)c(Br)c1. The Labute approximate surface area is 131 Å². The maximum atomic E-state index is 12.3. The molecule has 1 heterocycles. The molecule has 2 N–H and O–H groups in total. The molecule has 0 spiro atoms. The number of halogens is 1. The molecule has 1 aromatic carbocycles. The molecule has 0 aromatic heterocycles. The fourth-order valence-electron chi connectivity index (χ4n) is 3.34. The standard InChI is InChI=1S/C15H17BrN2O3/c16-12-6-9(14(19)20)4-5-13(12)17-15(21)18-7-10-2-1-3-11(10)8-18/h4-6,10-11H,1-3,7-8H2,(H,17,21)(H,19,20). The van der Waals surface area contributed by atoms with Gasteiger partial charge in [0, 0.05) is 17.6 Å². The molecule has 3 rings (SSSR count). The quantitative estimate of drug-likeness (QED) is 0.856. The Balaban J connectivity index is 1.66. The summed E-state index contributed by atoms with van der Waals surface area (Å²) in [5, 5.41) is 11.8. The van der Waals surface area contributed by atoms with Gasteiger partial charge in [0.05, 0.1) is 11.3 Å². The number of hydrogen-bond donors (Lipinski definition) is 2. The number of rotatable bonds is 2. The number of fused-ring (bicyclic) bond motifs is 1. The number of anilines is 1. The van der Waals surface area contributed by atoms with E-state index in [4.69, 9.17) is 5.11 Å². The van der Waals surface area contributed by atoms with Crippen molar-refractivity contribution in [3.8, 4) is 0 Å². The lowest BCUT2D eigenvalue weighted by Crippen LogP contribution is -2.33. The molecule has 1 saturated carbocycles. The molecule has 2 fully saturated rings. The lowest BCUT2D eigenvalue weighted by molar-refractivity contribution is 0.0697. The van der Waals surface area contributed by atoms with E-state index in [1.165, 1.54) is 31.4 Å². The van der Waals surface area contributed by atoms with Crippen LogP contribution in [0.4, 0.5) is 10.5 Å². The Bertz CT molecular complexity index is 578. The van der Waals surface area contributed by atoms with Crippen molar-refractivity contribution >= 4 is 33.6 Å². The molecule has 1 aliphatic carbocycles. The van der Waals surface area contributed by atoms with Gasteiger partial charge >= 0.3 is 12.0 Å². The predicted molar refractivity (Wildman–Crippen MR) is 82.5 cm³/mol. The van der Waals surface area contributed by atoms with Crippen LogP contribution in [0.25, 0.3) is 0 Å². The number of amides is 2. The molecule has 2 aliphatic rings. The number of carboxylic acid groups (broad SMARTS) is 1. The number of nitrogens with one attached hydrogen (secondary N) is 1. The van der Waals surface area contributed by atoms with Crippen LogP contribution in [0.1, 0.15) is 29.6 Å². The summed E-state index contributed by atoms with van der Waals surface area (Å²) < 4.78 is 0.579. The van der Waals surface area contributed by atoms with E-state index >= 15 is 0 Å². The first-order valence-electron chi connectivity index (χ1n) is 7.13. The monoisotopic (exact) mass is 352 g/mol. The van der Waals surface area contributed by atoms with Gasteiger partial charge < -0.3 is 15.3 Å². The minimum Gasteiger partial charge on any atom is -0.478 e. The van der Waals surface area contributed by atoms with Gasteiger partial charge in [-0.25, -0.2) is 9.59 Å². The Morgan fingerprint density at radius 2 is 1.90 bits per heavy atom. The molecule has 0 radical (unpaired) electrons. The molecule has 0 bridgehead atoms. The third-order valence-corrected chi connectivity index (χ3v) is 5.13. The van der Waals surface area contributed by atoms with Gasteiger partial charge in [-0.2, -0.15) is 0 Å². The fraction of sp³-hybridized carbons (Fsp3) is 0.467. The van der Waals surface area contributed by atoms with Crippen molar-refractivity contribution in [2.45, 2.75) is 19.3 Å². The summed E-state index contributed by atoms with van der Waals surface area (Å²) in [6.07, 6.45) is 3.74. The summed E-state index contributed by atoms with van der Waals surface area (Å²) in [6, 6.07) is 4.49. The molecule has 112 valence electrons. The number of hydrogen-bond acceptors (Lipinski definition) is 2. The molecule has 6 heteroatoms. The average molecular weight is 353 g/mol. The van der Waals surface area contributed by atoms with Gasteiger partial charge in [-0.05, 0) is 58.8 Å². The second-order valence-electron chi connectivity index (χ2n) is 5.79. The fourth-order valence-corrected chi connectivity index (χ4v) is 3.82. The largest absolute Gasteiger partial charge is 0.478 e. The third kappa shape index (κ3) is 2.90. The minimum atomic E-state index is -0.985. The van der Waals surface area contributed by atoms with E-state index in [2.05, 4.69) is 21.2 Å². The van der Waals surface area contributed by atoms with E-state index in [0.29, 0.717) is 22.0 Å². The topological polar surface area (TPSA) is 69.6 Å². The molecular weight excluding hydrogens is 336 g/mol. The summed E-state index contributed by atoms with van der Waals surface area (Å²) >= 11 is 3.30. The zero-order chi connectivity index (χ0) is 15.0. The number of nitrogens with zero attached hydrogens (tertiary/aromatic N) is 1. The number of carbonyl (C=O) groups is 2. The Morgan fingerprint density at radius 1 is 1.24 bits per heavy atom. The van der Waals surface area contributed by atoms with Gasteiger partial charge in [-0.3, -0.25) is 0 Å². The minimum absolute atomic E-state index is 0.104.